The normalized spacial score (nSPS) is 12.2. The summed E-state index contributed by atoms with van der Waals surface area (Å²) in [6.07, 6.45) is 0. The third-order valence-electron chi connectivity index (χ3n) is 5.33. The van der Waals surface area contributed by atoms with Gasteiger partial charge < -0.3 is 14.5 Å². The highest BCUT2D eigenvalue weighted by Gasteiger charge is 2.22. The number of benzene rings is 2. The minimum absolute atomic E-state index is 0.0654. The molecule has 4 rings (SSSR count). The van der Waals surface area contributed by atoms with Crippen LogP contribution in [0.4, 0.5) is 8.78 Å². The summed E-state index contributed by atoms with van der Waals surface area (Å²) in [6.45, 7) is 6.74. The number of aliphatic hydroxyl groups is 1. The highest BCUT2D eigenvalue weighted by Crippen LogP contribution is 2.34. The van der Waals surface area contributed by atoms with Gasteiger partial charge in [-0.2, -0.15) is 0 Å². The Labute approximate surface area is 189 Å². The van der Waals surface area contributed by atoms with Gasteiger partial charge in [-0.1, -0.05) is 31.1 Å². The molecule has 0 amide bonds. The summed E-state index contributed by atoms with van der Waals surface area (Å²) in [5.41, 5.74) is 4.47. The Hall–Kier alpha value is -3.03. The number of fused-ring (bicyclic) bond motifs is 1. The Balaban J connectivity index is 1.85. The van der Waals surface area contributed by atoms with Gasteiger partial charge in [0.1, 0.15) is 0 Å². The molecule has 0 bridgehead atoms. The van der Waals surface area contributed by atoms with Crippen molar-refractivity contribution in [3.05, 3.63) is 87.2 Å². The third-order valence-corrected chi connectivity index (χ3v) is 6.19. The van der Waals surface area contributed by atoms with Crippen molar-refractivity contribution in [2.75, 3.05) is 0 Å². The van der Waals surface area contributed by atoms with Crippen molar-refractivity contribution in [3.63, 3.8) is 0 Å². The molecule has 0 aliphatic heterocycles. The summed E-state index contributed by atoms with van der Waals surface area (Å²) in [5.74, 6) is -1.62. The second-order valence-electron chi connectivity index (χ2n) is 7.93. The number of aromatic nitrogens is 1. The Morgan fingerprint density at radius 2 is 1.94 bits per heavy atom. The van der Waals surface area contributed by atoms with Gasteiger partial charge in [0.15, 0.2) is 17.4 Å². The van der Waals surface area contributed by atoms with E-state index in [0.29, 0.717) is 5.71 Å². The molecule has 2 aromatic heterocycles. The maximum Gasteiger partial charge on any atom is 0.162 e. The first-order chi connectivity index (χ1) is 15.4. The fraction of sp³-hybridized carbons (Fsp3) is 0.240. The van der Waals surface area contributed by atoms with Crippen LogP contribution in [0, 0.1) is 11.6 Å². The molecule has 0 saturated carbocycles. The van der Waals surface area contributed by atoms with Gasteiger partial charge in [0.05, 0.1) is 18.9 Å². The summed E-state index contributed by atoms with van der Waals surface area (Å²) in [7, 11) is 0. The van der Waals surface area contributed by atoms with Gasteiger partial charge in [-0.15, -0.1) is 11.3 Å². The van der Waals surface area contributed by atoms with Crippen LogP contribution in [-0.4, -0.2) is 15.4 Å². The molecule has 0 fully saturated rings. The largest absolute Gasteiger partial charge is 0.392 e. The molecular formula is C25H24F2N2O2S. The van der Waals surface area contributed by atoms with Crippen LogP contribution >= 0.6 is 11.3 Å². The molecule has 4 aromatic rings. The van der Waals surface area contributed by atoms with E-state index in [1.54, 1.807) is 11.3 Å². The van der Waals surface area contributed by atoms with E-state index in [1.807, 2.05) is 31.2 Å². The molecule has 32 heavy (non-hydrogen) atoms. The third kappa shape index (κ3) is 4.31. The number of oxime groups is 1. The quantitative estimate of drug-likeness (QED) is 0.258. The number of thiophene rings is 1. The molecule has 1 N–H and O–H groups in total. The average molecular weight is 455 g/mol. The molecule has 166 valence electrons. The first-order valence-electron chi connectivity index (χ1n) is 10.3. The van der Waals surface area contributed by atoms with Crippen molar-refractivity contribution >= 4 is 28.0 Å². The van der Waals surface area contributed by atoms with Crippen LogP contribution in [0.25, 0.3) is 10.9 Å². The van der Waals surface area contributed by atoms with E-state index >= 15 is 0 Å². The van der Waals surface area contributed by atoms with Crippen molar-refractivity contribution in [2.24, 2.45) is 5.16 Å². The molecule has 7 heteroatoms. The lowest BCUT2D eigenvalue weighted by Gasteiger charge is -2.15. The molecule has 0 atom stereocenters. The summed E-state index contributed by atoms with van der Waals surface area (Å²) in [6, 6.07) is 13.4. The molecule has 2 aromatic carbocycles. The van der Waals surface area contributed by atoms with Crippen LogP contribution in [0.15, 0.2) is 59.1 Å². The summed E-state index contributed by atoms with van der Waals surface area (Å²) >= 11 is 1.70. The average Bonchev–Trinajstić information content (AvgIpc) is 3.40. The summed E-state index contributed by atoms with van der Waals surface area (Å²) in [5, 5.41) is 17.0. The summed E-state index contributed by atoms with van der Waals surface area (Å²) in [4.78, 5) is 6.67. The Bertz CT molecular complexity index is 1280. The number of halogens is 2. The molecule has 0 aliphatic rings. The number of aliphatic hydroxyl groups excluding tert-OH is 1. The second kappa shape index (κ2) is 9.22. The molecule has 0 unspecified atom stereocenters. The van der Waals surface area contributed by atoms with E-state index in [-0.39, 0.29) is 18.3 Å². The lowest BCUT2D eigenvalue weighted by atomic mass is 9.99. The second-order valence-corrected chi connectivity index (χ2v) is 8.97. The molecule has 0 aliphatic carbocycles. The minimum Gasteiger partial charge on any atom is -0.392 e. The highest BCUT2D eigenvalue weighted by atomic mass is 32.1. The fourth-order valence-corrected chi connectivity index (χ4v) is 4.62. The molecule has 2 heterocycles. The first-order valence-corrected chi connectivity index (χ1v) is 11.2. The van der Waals surface area contributed by atoms with Gasteiger partial charge in [-0.3, -0.25) is 0 Å². The van der Waals surface area contributed by atoms with Gasteiger partial charge >= 0.3 is 0 Å². The number of hydrogen-bond donors (Lipinski definition) is 1. The SMILES string of the molecule is CC(=NOc1ccc(F)c(F)c1)c1c(C(C)C)n(Cc2cccs2)c2ccc(CO)cc12. The number of hydrogen-bond acceptors (Lipinski definition) is 4. The standard InChI is InChI=1S/C25H24F2N2O2S/c1-15(2)25-24(16(3)28-31-18-7-8-21(26)22(27)12-18)20-11-17(14-30)6-9-23(20)29(25)13-19-5-4-10-32-19/h4-12,15,30H,13-14H2,1-3H3. The van der Waals surface area contributed by atoms with Crippen LogP contribution in [0.1, 0.15) is 48.4 Å². The zero-order chi connectivity index (χ0) is 22.8. The van der Waals surface area contributed by atoms with E-state index in [1.165, 1.54) is 10.9 Å². The van der Waals surface area contributed by atoms with Crippen molar-refractivity contribution < 1.29 is 18.7 Å². The first kappa shape index (κ1) is 22.2. The smallest absolute Gasteiger partial charge is 0.162 e. The zero-order valence-electron chi connectivity index (χ0n) is 18.1. The Kier molecular flexibility index (Phi) is 6.39. The van der Waals surface area contributed by atoms with Crippen molar-refractivity contribution in [3.8, 4) is 5.75 Å². The lowest BCUT2D eigenvalue weighted by molar-refractivity contribution is 0.282. The molecule has 0 spiro atoms. The van der Waals surface area contributed by atoms with Crippen molar-refractivity contribution in [1.82, 2.24) is 4.57 Å². The van der Waals surface area contributed by atoms with E-state index in [2.05, 4.69) is 35.0 Å². The maximum atomic E-state index is 13.5. The van der Waals surface area contributed by atoms with Gasteiger partial charge in [-0.25, -0.2) is 8.78 Å². The number of rotatable bonds is 7. The van der Waals surface area contributed by atoms with Gasteiger partial charge in [0, 0.05) is 33.1 Å². The van der Waals surface area contributed by atoms with Crippen LogP contribution in [0.2, 0.25) is 0 Å². The van der Waals surface area contributed by atoms with Gasteiger partial charge in [-0.05, 0) is 54.1 Å². The minimum atomic E-state index is -0.988. The fourth-order valence-electron chi connectivity index (χ4n) is 3.93. The van der Waals surface area contributed by atoms with Crippen molar-refractivity contribution in [2.45, 2.75) is 39.8 Å². The maximum absolute atomic E-state index is 13.5. The highest BCUT2D eigenvalue weighted by molar-refractivity contribution is 7.09. The molecule has 0 saturated heterocycles. The lowest BCUT2D eigenvalue weighted by Crippen LogP contribution is -2.09. The predicted octanol–water partition coefficient (Wildman–Crippen LogP) is 6.45. The van der Waals surface area contributed by atoms with Crippen LogP contribution in [0.3, 0.4) is 0 Å². The topological polar surface area (TPSA) is 46.8 Å². The van der Waals surface area contributed by atoms with Gasteiger partial charge in [0.2, 0.25) is 0 Å². The predicted molar refractivity (Wildman–Crippen MR) is 125 cm³/mol. The van der Waals surface area contributed by atoms with Crippen LogP contribution in [0.5, 0.6) is 5.75 Å². The van der Waals surface area contributed by atoms with E-state index in [9.17, 15) is 13.9 Å². The van der Waals surface area contributed by atoms with Gasteiger partial charge in [0.25, 0.3) is 0 Å². The monoisotopic (exact) mass is 454 g/mol. The number of nitrogens with zero attached hydrogens (tertiary/aromatic N) is 2. The Morgan fingerprint density at radius 1 is 1.12 bits per heavy atom. The van der Waals surface area contributed by atoms with Crippen molar-refractivity contribution in [1.29, 1.82) is 0 Å². The zero-order valence-corrected chi connectivity index (χ0v) is 18.9. The molecule has 0 radical (unpaired) electrons. The Morgan fingerprint density at radius 3 is 2.59 bits per heavy atom. The van der Waals surface area contributed by atoms with E-state index < -0.39 is 11.6 Å². The van der Waals surface area contributed by atoms with E-state index in [4.69, 9.17) is 4.84 Å². The molecular weight excluding hydrogens is 430 g/mol. The van der Waals surface area contributed by atoms with E-state index in [0.717, 1.165) is 46.4 Å². The van der Waals surface area contributed by atoms with Crippen LogP contribution in [-0.2, 0) is 13.2 Å². The van der Waals surface area contributed by atoms with Crippen LogP contribution < -0.4 is 4.84 Å². The summed E-state index contributed by atoms with van der Waals surface area (Å²) < 4.78 is 29.0. The molecule has 4 nitrogen and oxygen atoms in total.